The van der Waals surface area contributed by atoms with Crippen molar-refractivity contribution in [2.75, 3.05) is 11.9 Å². The molecule has 0 saturated heterocycles. The van der Waals surface area contributed by atoms with E-state index in [0.29, 0.717) is 5.69 Å². The van der Waals surface area contributed by atoms with Gasteiger partial charge in [0.05, 0.1) is 11.8 Å². The zero-order chi connectivity index (χ0) is 14.8. The lowest BCUT2D eigenvalue weighted by Gasteiger charge is -2.19. The molecule has 2 amide bonds. The number of halogens is 1. The first-order valence-corrected chi connectivity index (χ1v) is 6.41. The first-order chi connectivity index (χ1) is 10.1. The topological polar surface area (TPSA) is 62.3 Å². The molecule has 0 spiro atoms. The molecular weight excluding hydrogens is 273 g/mol. The van der Waals surface area contributed by atoms with Crippen LogP contribution in [-0.4, -0.2) is 28.2 Å². The second-order valence-electron chi connectivity index (χ2n) is 4.72. The highest BCUT2D eigenvalue weighted by Gasteiger charge is 2.25. The van der Waals surface area contributed by atoms with Gasteiger partial charge in [-0.3, -0.25) is 14.6 Å². The molecule has 0 radical (unpaired) electrons. The molecule has 1 aliphatic rings. The largest absolute Gasteiger partial charge is 0.325 e. The number of hydrogen-bond donors (Lipinski definition) is 1. The third kappa shape index (κ3) is 2.60. The van der Waals surface area contributed by atoms with E-state index in [-0.39, 0.29) is 24.6 Å². The number of aromatic nitrogens is 1. The van der Waals surface area contributed by atoms with Crippen LogP contribution >= 0.6 is 0 Å². The van der Waals surface area contributed by atoms with Gasteiger partial charge in [0, 0.05) is 18.4 Å². The molecule has 0 saturated carbocycles. The highest BCUT2D eigenvalue weighted by Crippen LogP contribution is 2.21. The van der Waals surface area contributed by atoms with Crippen molar-refractivity contribution in [1.29, 1.82) is 0 Å². The maximum Gasteiger partial charge on any atom is 0.257 e. The van der Waals surface area contributed by atoms with Crippen molar-refractivity contribution in [2.24, 2.45) is 0 Å². The van der Waals surface area contributed by atoms with Crippen molar-refractivity contribution < 1.29 is 14.0 Å². The maximum atomic E-state index is 13.7. The molecule has 3 rings (SSSR count). The van der Waals surface area contributed by atoms with E-state index in [1.807, 2.05) is 12.1 Å². The van der Waals surface area contributed by atoms with E-state index in [1.165, 1.54) is 17.2 Å². The van der Waals surface area contributed by atoms with Gasteiger partial charge in [0.15, 0.2) is 5.82 Å². The van der Waals surface area contributed by atoms with Crippen LogP contribution in [0.1, 0.15) is 15.9 Å². The zero-order valence-electron chi connectivity index (χ0n) is 11.0. The maximum absolute atomic E-state index is 13.7. The minimum Gasteiger partial charge on any atom is -0.325 e. The molecule has 2 heterocycles. The summed E-state index contributed by atoms with van der Waals surface area (Å²) in [5.41, 5.74) is 1.40. The molecule has 0 aliphatic carbocycles. The Morgan fingerprint density at radius 1 is 1.24 bits per heavy atom. The monoisotopic (exact) mass is 285 g/mol. The summed E-state index contributed by atoms with van der Waals surface area (Å²) in [6.45, 7) is 0.130. The number of anilines is 1. The van der Waals surface area contributed by atoms with E-state index in [9.17, 15) is 14.0 Å². The SMILES string of the molecule is O=C1CN(C(=O)c2ccncc2F)Cc2ccccc2N1. The third-order valence-corrected chi connectivity index (χ3v) is 3.28. The second-order valence-corrected chi connectivity index (χ2v) is 4.72. The Labute approximate surface area is 120 Å². The normalized spacial score (nSPS) is 14.1. The number of carbonyl (C=O) groups is 2. The van der Waals surface area contributed by atoms with Crippen LogP contribution in [0.25, 0.3) is 0 Å². The molecule has 2 aromatic rings. The number of fused-ring (bicyclic) bond motifs is 1. The molecule has 21 heavy (non-hydrogen) atoms. The Balaban J connectivity index is 1.94. The molecule has 5 nitrogen and oxygen atoms in total. The summed E-state index contributed by atoms with van der Waals surface area (Å²) in [5.74, 6) is -1.52. The molecule has 1 aromatic carbocycles. The predicted octanol–water partition coefficient (Wildman–Crippen LogP) is 1.82. The lowest BCUT2D eigenvalue weighted by molar-refractivity contribution is -0.116. The minimum absolute atomic E-state index is 0.0859. The standard InChI is InChI=1S/C15H12FN3O2/c16-12-7-17-6-5-11(12)15(21)19-8-10-3-1-2-4-13(10)18-14(20)9-19/h1-7H,8-9H2,(H,18,20). The fourth-order valence-electron chi connectivity index (χ4n) is 2.27. The van der Waals surface area contributed by atoms with Gasteiger partial charge in [-0.05, 0) is 17.7 Å². The van der Waals surface area contributed by atoms with E-state index >= 15 is 0 Å². The number of hydrogen-bond acceptors (Lipinski definition) is 3. The highest BCUT2D eigenvalue weighted by atomic mass is 19.1. The van der Waals surface area contributed by atoms with Crippen LogP contribution in [0.15, 0.2) is 42.7 Å². The van der Waals surface area contributed by atoms with Crippen molar-refractivity contribution in [3.63, 3.8) is 0 Å². The number of rotatable bonds is 1. The number of benzene rings is 1. The van der Waals surface area contributed by atoms with Crippen LogP contribution in [0, 0.1) is 5.82 Å². The number of para-hydroxylation sites is 1. The average molecular weight is 285 g/mol. The number of nitrogens with zero attached hydrogens (tertiary/aromatic N) is 2. The van der Waals surface area contributed by atoms with Crippen LogP contribution in [0.4, 0.5) is 10.1 Å². The summed E-state index contributed by atoms with van der Waals surface area (Å²) >= 11 is 0. The summed E-state index contributed by atoms with van der Waals surface area (Å²) in [6, 6.07) is 8.54. The summed E-state index contributed by atoms with van der Waals surface area (Å²) in [7, 11) is 0. The fourth-order valence-corrected chi connectivity index (χ4v) is 2.27. The van der Waals surface area contributed by atoms with Crippen LogP contribution < -0.4 is 5.32 Å². The Morgan fingerprint density at radius 3 is 2.86 bits per heavy atom. The quantitative estimate of drug-likeness (QED) is 0.869. The number of nitrogens with one attached hydrogen (secondary N) is 1. The molecule has 1 aromatic heterocycles. The van der Waals surface area contributed by atoms with Gasteiger partial charge in [0.25, 0.3) is 5.91 Å². The minimum atomic E-state index is -0.694. The first-order valence-electron chi connectivity index (χ1n) is 6.41. The molecule has 6 heteroatoms. The lowest BCUT2D eigenvalue weighted by Crippen LogP contribution is -2.35. The fraction of sp³-hybridized carbons (Fsp3) is 0.133. The molecule has 0 bridgehead atoms. The van der Waals surface area contributed by atoms with Gasteiger partial charge >= 0.3 is 0 Å². The molecule has 0 unspecified atom stereocenters. The first kappa shape index (κ1) is 13.2. The molecule has 1 N–H and O–H groups in total. The molecule has 0 atom stereocenters. The highest BCUT2D eigenvalue weighted by molar-refractivity contribution is 6.00. The van der Waals surface area contributed by atoms with E-state index in [1.54, 1.807) is 12.1 Å². The summed E-state index contributed by atoms with van der Waals surface area (Å²) < 4.78 is 13.7. The van der Waals surface area contributed by atoms with Crippen LogP contribution in [0.5, 0.6) is 0 Å². The van der Waals surface area contributed by atoms with Crippen molar-refractivity contribution in [1.82, 2.24) is 9.88 Å². The molecule has 1 aliphatic heterocycles. The van der Waals surface area contributed by atoms with Gasteiger partial charge < -0.3 is 10.2 Å². The van der Waals surface area contributed by atoms with E-state index < -0.39 is 11.7 Å². The van der Waals surface area contributed by atoms with Crippen molar-refractivity contribution in [3.05, 3.63) is 59.7 Å². The summed E-state index contributed by atoms with van der Waals surface area (Å²) in [4.78, 5) is 29.2. The summed E-state index contributed by atoms with van der Waals surface area (Å²) in [5, 5.41) is 2.73. The molecular formula is C15H12FN3O2. The Morgan fingerprint density at radius 2 is 2.05 bits per heavy atom. The smallest absolute Gasteiger partial charge is 0.257 e. The molecule has 0 fully saturated rings. The number of amides is 2. The number of carbonyl (C=O) groups excluding carboxylic acids is 2. The van der Waals surface area contributed by atoms with E-state index in [2.05, 4.69) is 10.3 Å². The van der Waals surface area contributed by atoms with E-state index in [0.717, 1.165) is 11.8 Å². The van der Waals surface area contributed by atoms with E-state index in [4.69, 9.17) is 0 Å². The average Bonchev–Trinajstić information content (AvgIpc) is 2.65. The Bertz CT molecular complexity index is 718. The Hall–Kier alpha value is -2.76. The van der Waals surface area contributed by atoms with Gasteiger partial charge in [-0.15, -0.1) is 0 Å². The van der Waals surface area contributed by atoms with Crippen LogP contribution in [0.3, 0.4) is 0 Å². The van der Waals surface area contributed by atoms with Crippen LogP contribution in [-0.2, 0) is 11.3 Å². The zero-order valence-corrected chi connectivity index (χ0v) is 11.0. The van der Waals surface area contributed by atoms with Crippen molar-refractivity contribution in [3.8, 4) is 0 Å². The van der Waals surface area contributed by atoms with Gasteiger partial charge in [-0.1, -0.05) is 18.2 Å². The summed E-state index contributed by atoms with van der Waals surface area (Å²) in [6.07, 6.45) is 2.33. The Kier molecular flexibility index (Phi) is 3.35. The lowest BCUT2D eigenvalue weighted by atomic mass is 10.1. The van der Waals surface area contributed by atoms with Gasteiger partial charge in [-0.25, -0.2) is 4.39 Å². The second kappa shape index (κ2) is 5.32. The van der Waals surface area contributed by atoms with Crippen molar-refractivity contribution >= 4 is 17.5 Å². The number of pyridine rings is 1. The van der Waals surface area contributed by atoms with Gasteiger partial charge in [0.1, 0.15) is 6.54 Å². The van der Waals surface area contributed by atoms with Gasteiger partial charge in [0.2, 0.25) is 5.91 Å². The van der Waals surface area contributed by atoms with Crippen molar-refractivity contribution in [2.45, 2.75) is 6.54 Å². The third-order valence-electron chi connectivity index (χ3n) is 3.28. The van der Waals surface area contributed by atoms with Crippen LogP contribution in [0.2, 0.25) is 0 Å². The molecule has 106 valence electrons. The predicted molar refractivity (Wildman–Crippen MR) is 74.0 cm³/mol. The van der Waals surface area contributed by atoms with Gasteiger partial charge in [-0.2, -0.15) is 0 Å².